The second-order valence-corrected chi connectivity index (χ2v) is 10.1. The van der Waals surface area contributed by atoms with Gasteiger partial charge >= 0.3 is 5.97 Å². The highest BCUT2D eigenvalue weighted by atomic mass is 16.5. The summed E-state index contributed by atoms with van der Waals surface area (Å²) in [7, 11) is 0. The van der Waals surface area contributed by atoms with Crippen molar-refractivity contribution in [1.29, 1.82) is 0 Å². The van der Waals surface area contributed by atoms with Gasteiger partial charge in [-0.1, -0.05) is 67.1 Å². The molecule has 1 saturated heterocycles. The lowest BCUT2D eigenvalue weighted by Crippen LogP contribution is -2.55. The molecule has 5 atom stereocenters. The van der Waals surface area contributed by atoms with Gasteiger partial charge in [-0.3, -0.25) is 19.7 Å². The molecular formula is C30H38N2O4. The van der Waals surface area contributed by atoms with Crippen LogP contribution in [0.1, 0.15) is 57.1 Å². The molecule has 0 aromatic heterocycles. The van der Waals surface area contributed by atoms with Crippen LogP contribution in [-0.4, -0.2) is 53.3 Å². The molecule has 4 rings (SSSR count). The van der Waals surface area contributed by atoms with Crippen molar-refractivity contribution in [2.24, 2.45) is 5.92 Å². The van der Waals surface area contributed by atoms with Crippen LogP contribution in [0, 0.1) is 5.92 Å². The molecule has 1 amide bonds. The SMILES string of the molecule is CCOC(=O)C(CCc1ccccc1)NC(C)C(=O)N1C(C(=O)Cc2ccccc2)CC2CCCC21. The summed E-state index contributed by atoms with van der Waals surface area (Å²) < 4.78 is 5.31. The van der Waals surface area contributed by atoms with E-state index in [-0.39, 0.29) is 30.3 Å². The van der Waals surface area contributed by atoms with Crippen LogP contribution in [0.25, 0.3) is 0 Å². The van der Waals surface area contributed by atoms with Crippen LogP contribution < -0.4 is 5.32 Å². The molecule has 1 heterocycles. The van der Waals surface area contributed by atoms with Gasteiger partial charge in [-0.15, -0.1) is 0 Å². The lowest BCUT2D eigenvalue weighted by atomic mass is 9.97. The summed E-state index contributed by atoms with van der Waals surface area (Å²) in [5, 5.41) is 3.26. The Morgan fingerprint density at radius 2 is 1.67 bits per heavy atom. The summed E-state index contributed by atoms with van der Waals surface area (Å²) >= 11 is 0. The summed E-state index contributed by atoms with van der Waals surface area (Å²) in [5.41, 5.74) is 2.11. The number of carbonyl (C=O) groups excluding carboxylic acids is 3. The average Bonchev–Trinajstić information content (AvgIpc) is 3.49. The molecule has 1 aliphatic heterocycles. The highest BCUT2D eigenvalue weighted by Crippen LogP contribution is 2.42. The van der Waals surface area contributed by atoms with Crippen LogP contribution >= 0.6 is 0 Å². The lowest BCUT2D eigenvalue weighted by molar-refractivity contribution is -0.147. The van der Waals surface area contributed by atoms with Gasteiger partial charge in [-0.25, -0.2) is 0 Å². The number of Topliss-reactive ketones (excluding diaryl/α,β-unsaturated/α-hetero) is 1. The fourth-order valence-electron chi connectivity index (χ4n) is 5.87. The lowest BCUT2D eigenvalue weighted by Gasteiger charge is -2.33. The predicted octanol–water partition coefficient (Wildman–Crippen LogP) is 4.11. The van der Waals surface area contributed by atoms with E-state index in [0.29, 0.717) is 25.2 Å². The maximum Gasteiger partial charge on any atom is 0.323 e. The fourth-order valence-corrected chi connectivity index (χ4v) is 5.87. The number of benzene rings is 2. The highest BCUT2D eigenvalue weighted by Gasteiger charge is 2.49. The number of carbonyl (C=O) groups is 3. The number of fused-ring (bicyclic) bond motifs is 1. The van der Waals surface area contributed by atoms with Gasteiger partial charge in [0.15, 0.2) is 5.78 Å². The zero-order valence-corrected chi connectivity index (χ0v) is 21.4. The first-order valence-corrected chi connectivity index (χ1v) is 13.3. The minimum atomic E-state index is -0.596. The van der Waals surface area contributed by atoms with Gasteiger partial charge in [0.2, 0.25) is 5.91 Å². The Morgan fingerprint density at radius 1 is 1.00 bits per heavy atom. The van der Waals surface area contributed by atoms with Crippen molar-refractivity contribution in [3.63, 3.8) is 0 Å². The van der Waals surface area contributed by atoms with Crippen LogP contribution in [-0.2, 0) is 32.0 Å². The number of aryl methyl sites for hydroxylation is 1. The zero-order chi connectivity index (χ0) is 25.5. The van der Waals surface area contributed by atoms with E-state index in [4.69, 9.17) is 4.74 Å². The van der Waals surface area contributed by atoms with Gasteiger partial charge in [-0.05, 0) is 63.0 Å². The molecule has 2 fully saturated rings. The van der Waals surface area contributed by atoms with Gasteiger partial charge in [0.25, 0.3) is 0 Å². The smallest absolute Gasteiger partial charge is 0.323 e. The van der Waals surface area contributed by atoms with E-state index in [1.54, 1.807) is 13.8 Å². The second-order valence-electron chi connectivity index (χ2n) is 10.1. The van der Waals surface area contributed by atoms with E-state index in [1.165, 1.54) is 0 Å². The molecule has 1 saturated carbocycles. The van der Waals surface area contributed by atoms with Crippen molar-refractivity contribution in [1.82, 2.24) is 10.2 Å². The largest absolute Gasteiger partial charge is 0.465 e. The fraction of sp³-hybridized carbons (Fsp3) is 0.500. The number of nitrogens with one attached hydrogen (secondary N) is 1. The molecule has 6 nitrogen and oxygen atoms in total. The topological polar surface area (TPSA) is 75.7 Å². The van der Waals surface area contributed by atoms with Crippen LogP contribution in [0.5, 0.6) is 0 Å². The molecule has 0 spiro atoms. The Hall–Kier alpha value is -2.99. The molecule has 1 aliphatic carbocycles. The van der Waals surface area contributed by atoms with Crippen molar-refractivity contribution >= 4 is 17.7 Å². The van der Waals surface area contributed by atoms with E-state index in [9.17, 15) is 14.4 Å². The molecule has 192 valence electrons. The molecule has 6 heteroatoms. The standard InChI is InChI=1S/C30H38N2O4/c1-3-36-30(35)25(18-17-22-11-6-4-7-12-22)31-21(2)29(34)32-26-16-10-15-24(26)20-27(32)28(33)19-23-13-8-5-9-14-23/h4-9,11-14,21,24-27,31H,3,10,15-20H2,1-2H3. The van der Waals surface area contributed by atoms with Crippen LogP contribution in [0.15, 0.2) is 60.7 Å². The van der Waals surface area contributed by atoms with E-state index in [0.717, 1.165) is 36.8 Å². The highest BCUT2D eigenvalue weighted by molar-refractivity contribution is 5.93. The first-order valence-electron chi connectivity index (χ1n) is 13.3. The van der Waals surface area contributed by atoms with Crippen molar-refractivity contribution in [2.45, 2.75) is 83.0 Å². The number of ketones is 1. The number of amides is 1. The number of ether oxygens (including phenoxy) is 1. The van der Waals surface area contributed by atoms with Crippen molar-refractivity contribution in [2.75, 3.05) is 6.61 Å². The van der Waals surface area contributed by atoms with Crippen molar-refractivity contribution < 1.29 is 19.1 Å². The van der Waals surface area contributed by atoms with E-state index in [1.807, 2.05) is 65.6 Å². The maximum absolute atomic E-state index is 13.8. The van der Waals surface area contributed by atoms with Gasteiger partial charge < -0.3 is 9.64 Å². The molecule has 2 aromatic rings. The van der Waals surface area contributed by atoms with E-state index < -0.39 is 18.1 Å². The Bertz CT molecular complexity index is 1030. The van der Waals surface area contributed by atoms with Crippen LogP contribution in [0.4, 0.5) is 0 Å². The zero-order valence-electron chi connectivity index (χ0n) is 21.4. The third-order valence-electron chi connectivity index (χ3n) is 7.64. The van der Waals surface area contributed by atoms with Gasteiger partial charge in [0.05, 0.1) is 18.7 Å². The number of likely N-dealkylation sites (tertiary alicyclic amines) is 1. The van der Waals surface area contributed by atoms with Gasteiger partial charge in [0, 0.05) is 12.5 Å². The minimum Gasteiger partial charge on any atom is -0.465 e. The Balaban J connectivity index is 1.46. The molecule has 1 N–H and O–H groups in total. The molecule has 0 bridgehead atoms. The molecule has 0 radical (unpaired) electrons. The Labute approximate surface area is 214 Å². The summed E-state index contributed by atoms with van der Waals surface area (Å²) in [4.78, 5) is 41.8. The molecule has 5 unspecified atom stereocenters. The van der Waals surface area contributed by atoms with Crippen molar-refractivity contribution in [3.8, 4) is 0 Å². The molecule has 2 aliphatic rings. The number of nitrogens with zero attached hydrogens (tertiary/aromatic N) is 1. The summed E-state index contributed by atoms with van der Waals surface area (Å²) in [5.74, 6) is 0.0433. The molecule has 2 aromatic carbocycles. The summed E-state index contributed by atoms with van der Waals surface area (Å²) in [6.45, 7) is 3.88. The molecule has 36 heavy (non-hydrogen) atoms. The Kier molecular flexibility index (Phi) is 8.92. The third kappa shape index (κ3) is 6.22. The predicted molar refractivity (Wildman–Crippen MR) is 139 cm³/mol. The first-order chi connectivity index (χ1) is 17.5. The summed E-state index contributed by atoms with van der Waals surface area (Å²) in [6, 6.07) is 18.2. The maximum atomic E-state index is 13.8. The van der Waals surface area contributed by atoms with Crippen LogP contribution in [0.3, 0.4) is 0 Å². The van der Waals surface area contributed by atoms with E-state index >= 15 is 0 Å². The van der Waals surface area contributed by atoms with Gasteiger partial charge in [-0.2, -0.15) is 0 Å². The number of hydrogen-bond acceptors (Lipinski definition) is 5. The number of esters is 1. The van der Waals surface area contributed by atoms with Crippen LogP contribution in [0.2, 0.25) is 0 Å². The third-order valence-corrected chi connectivity index (χ3v) is 7.64. The number of rotatable bonds is 11. The normalized spacial score (nSPS) is 22.6. The van der Waals surface area contributed by atoms with Crippen molar-refractivity contribution in [3.05, 3.63) is 71.8 Å². The second kappa shape index (κ2) is 12.3. The number of hydrogen-bond donors (Lipinski definition) is 1. The van der Waals surface area contributed by atoms with Gasteiger partial charge in [0.1, 0.15) is 6.04 Å². The minimum absolute atomic E-state index is 0.0928. The monoisotopic (exact) mass is 490 g/mol. The average molecular weight is 491 g/mol. The molecular weight excluding hydrogens is 452 g/mol. The summed E-state index contributed by atoms with van der Waals surface area (Å²) in [6.07, 6.45) is 5.39. The van der Waals surface area contributed by atoms with E-state index in [2.05, 4.69) is 5.32 Å². The Morgan fingerprint density at radius 3 is 2.33 bits per heavy atom. The quantitative estimate of drug-likeness (QED) is 0.480. The first kappa shape index (κ1) is 26.1.